The minimum atomic E-state index is -3.36. The number of hydrogen-bond acceptors (Lipinski definition) is 5. The topological polar surface area (TPSA) is 92.3 Å². The highest BCUT2D eigenvalue weighted by Crippen LogP contribution is 2.21. The molecule has 2 aliphatic heterocycles. The van der Waals surface area contributed by atoms with Crippen LogP contribution in [-0.4, -0.2) is 71.8 Å². The molecule has 2 aliphatic rings. The summed E-state index contributed by atoms with van der Waals surface area (Å²) in [6.07, 6.45) is 3.88. The van der Waals surface area contributed by atoms with Crippen molar-refractivity contribution in [1.82, 2.24) is 14.9 Å². The van der Waals surface area contributed by atoms with E-state index in [1.54, 1.807) is 23.5 Å². The van der Waals surface area contributed by atoms with Crippen LogP contribution in [0.1, 0.15) is 31.2 Å². The van der Waals surface area contributed by atoms with Crippen LogP contribution in [0.3, 0.4) is 0 Å². The van der Waals surface area contributed by atoms with Crippen molar-refractivity contribution in [3.05, 3.63) is 29.8 Å². The van der Waals surface area contributed by atoms with Crippen LogP contribution in [0.4, 0.5) is 0 Å². The van der Waals surface area contributed by atoms with Crippen molar-refractivity contribution in [1.29, 1.82) is 0 Å². The minimum absolute atomic E-state index is 0.361. The Balaban J connectivity index is 1.35. The molecule has 1 aromatic carbocycles. The van der Waals surface area contributed by atoms with Gasteiger partial charge in [-0.1, -0.05) is 12.1 Å². The van der Waals surface area contributed by atoms with Gasteiger partial charge in [-0.2, -0.15) is 4.31 Å². The summed E-state index contributed by atoms with van der Waals surface area (Å²) in [5.41, 5.74) is 1.00. The molecule has 0 aromatic heterocycles. The Morgan fingerprint density at radius 2 is 2.00 bits per heavy atom. The molecule has 0 radical (unpaired) electrons. The third-order valence-electron chi connectivity index (χ3n) is 5.45. The molecule has 0 amide bonds. The Morgan fingerprint density at radius 3 is 2.67 bits per heavy atom. The molecule has 2 N–H and O–H groups in total. The van der Waals surface area contributed by atoms with Gasteiger partial charge in [-0.3, -0.25) is 4.99 Å². The number of sulfonamides is 1. The Hall–Kier alpha value is -1.68. The molecule has 2 saturated heterocycles. The van der Waals surface area contributed by atoms with Gasteiger partial charge in [-0.15, -0.1) is 0 Å². The largest absolute Gasteiger partial charge is 0.381 e. The van der Waals surface area contributed by atoms with Crippen molar-refractivity contribution in [2.45, 2.75) is 37.1 Å². The molecule has 1 unspecified atom stereocenters. The van der Waals surface area contributed by atoms with Crippen LogP contribution in [0.2, 0.25) is 0 Å². The van der Waals surface area contributed by atoms with E-state index in [4.69, 9.17) is 9.47 Å². The minimum Gasteiger partial charge on any atom is -0.381 e. The molecule has 3 rings (SSSR count). The number of hydrogen-bond donors (Lipinski definition) is 2. The van der Waals surface area contributed by atoms with Gasteiger partial charge in [-0.25, -0.2) is 8.42 Å². The Labute approximate surface area is 180 Å². The highest BCUT2D eigenvalue weighted by molar-refractivity contribution is 7.89. The lowest BCUT2D eigenvalue weighted by Crippen LogP contribution is -2.37. The third kappa shape index (κ3) is 6.66. The van der Waals surface area contributed by atoms with E-state index in [9.17, 15) is 8.42 Å². The summed E-state index contributed by atoms with van der Waals surface area (Å²) in [4.78, 5) is 4.59. The monoisotopic (exact) mass is 438 g/mol. The Kier molecular flexibility index (Phi) is 8.92. The maximum absolute atomic E-state index is 12.6. The summed E-state index contributed by atoms with van der Waals surface area (Å²) in [7, 11) is -1.62. The highest BCUT2D eigenvalue weighted by Gasteiger charge is 2.26. The van der Waals surface area contributed by atoms with E-state index < -0.39 is 10.0 Å². The number of nitrogens with one attached hydrogen (secondary N) is 2. The number of aliphatic imine (C=N–C) groups is 1. The zero-order valence-electron chi connectivity index (χ0n) is 17.8. The van der Waals surface area contributed by atoms with Gasteiger partial charge in [0.25, 0.3) is 0 Å². The van der Waals surface area contributed by atoms with E-state index in [1.165, 1.54) is 0 Å². The van der Waals surface area contributed by atoms with E-state index in [-0.39, 0.29) is 0 Å². The zero-order chi connectivity index (χ0) is 21.2. The zero-order valence-corrected chi connectivity index (χ0v) is 18.6. The number of rotatable bonds is 10. The predicted molar refractivity (Wildman–Crippen MR) is 117 cm³/mol. The van der Waals surface area contributed by atoms with Crippen molar-refractivity contribution >= 4 is 16.0 Å². The van der Waals surface area contributed by atoms with Crippen molar-refractivity contribution in [2.75, 3.05) is 53.1 Å². The molecule has 0 spiro atoms. The van der Waals surface area contributed by atoms with Gasteiger partial charge in [0.15, 0.2) is 5.96 Å². The number of ether oxygens (including phenoxy) is 2. The number of guanidine groups is 1. The second-order valence-electron chi connectivity index (χ2n) is 7.77. The predicted octanol–water partition coefficient (Wildman–Crippen LogP) is 1.58. The van der Waals surface area contributed by atoms with Gasteiger partial charge in [-0.05, 0) is 43.4 Å². The van der Waals surface area contributed by atoms with Gasteiger partial charge in [0.05, 0.1) is 18.1 Å². The van der Waals surface area contributed by atoms with Crippen molar-refractivity contribution < 1.29 is 17.9 Å². The lowest BCUT2D eigenvalue weighted by Gasteiger charge is -2.16. The Bertz CT molecular complexity index is 771. The first kappa shape index (κ1) is 23.0. The van der Waals surface area contributed by atoms with Crippen LogP contribution < -0.4 is 10.6 Å². The van der Waals surface area contributed by atoms with Gasteiger partial charge < -0.3 is 20.1 Å². The summed E-state index contributed by atoms with van der Waals surface area (Å²) < 4.78 is 37.8. The normalized spacial score (nSPS) is 20.6. The van der Waals surface area contributed by atoms with E-state index in [0.29, 0.717) is 43.0 Å². The first-order valence-electron chi connectivity index (χ1n) is 10.8. The molecule has 9 heteroatoms. The van der Waals surface area contributed by atoms with Crippen molar-refractivity contribution in [3.8, 4) is 0 Å². The maximum Gasteiger partial charge on any atom is 0.243 e. The van der Waals surface area contributed by atoms with Gasteiger partial charge in [0, 0.05) is 52.4 Å². The molecule has 0 saturated carbocycles. The molecule has 2 heterocycles. The molecule has 0 aliphatic carbocycles. The lowest BCUT2D eigenvalue weighted by atomic mass is 10.1. The van der Waals surface area contributed by atoms with Crippen LogP contribution in [0.5, 0.6) is 0 Å². The smallest absolute Gasteiger partial charge is 0.243 e. The van der Waals surface area contributed by atoms with Crippen LogP contribution in [0.25, 0.3) is 0 Å². The second kappa shape index (κ2) is 11.6. The first-order chi connectivity index (χ1) is 14.6. The summed E-state index contributed by atoms with van der Waals surface area (Å²) in [5, 5.41) is 6.53. The number of benzene rings is 1. The SMILES string of the molecule is CN=C(NCCCOCC1CCOC1)NCc1ccc(S(=O)(=O)N2CCCC2)cc1. The van der Waals surface area contributed by atoms with Crippen LogP contribution in [0.15, 0.2) is 34.2 Å². The first-order valence-corrected chi connectivity index (χ1v) is 12.2. The third-order valence-corrected chi connectivity index (χ3v) is 7.36. The fourth-order valence-electron chi connectivity index (χ4n) is 3.61. The van der Waals surface area contributed by atoms with Gasteiger partial charge in [0.2, 0.25) is 10.0 Å². The van der Waals surface area contributed by atoms with Gasteiger partial charge in [0.1, 0.15) is 0 Å². The van der Waals surface area contributed by atoms with Crippen LogP contribution >= 0.6 is 0 Å². The van der Waals surface area contributed by atoms with E-state index in [1.807, 2.05) is 12.1 Å². The molecule has 8 nitrogen and oxygen atoms in total. The summed E-state index contributed by atoms with van der Waals surface area (Å²) >= 11 is 0. The van der Waals surface area contributed by atoms with Crippen LogP contribution in [-0.2, 0) is 26.0 Å². The molecule has 0 bridgehead atoms. The molecule has 168 valence electrons. The molecule has 30 heavy (non-hydrogen) atoms. The maximum atomic E-state index is 12.6. The average molecular weight is 439 g/mol. The van der Waals surface area contributed by atoms with Crippen molar-refractivity contribution in [3.63, 3.8) is 0 Å². The summed E-state index contributed by atoms with van der Waals surface area (Å²) in [5.74, 6) is 1.26. The summed E-state index contributed by atoms with van der Waals surface area (Å²) in [6, 6.07) is 7.08. The highest BCUT2D eigenvalue weighted by atomic mass is 32.2. The standard InChI is InChI=1S/C21H34N4O4S/c1-22-21(23-10-4-13-28-16-19-9-14-29-17-19)24-15-18-5-7-20(8-6-18)30(26,27)25-11-2-3-12-25/h5-8,19H,2-4,9-17H2,1H3,(H2,22,23,24). The molecular formula is C21H34N4O4S. The van der Waals surface area contributed by atoms with Gasteiger partial charge >= 0.3 is 0 Å². The number of nitrogens with zero attached hydrogens (tertiary/aromatic N) is 2. The van der Waals surface area contributed by atoms with Crippen LogP contribution in [0, 0.1) is 5.92 Å². The van der Waals surface area contributed by atoms with E-state index >= 15 is 0 Å². The Morgan fingerprint density at radius 1 is 1.23 bits per heavy atom. The summed E-state index contributed by atoms with van der Waals surface area (Å²) in [6.45, 7) is 5.75. The molecule has 1 atom stereocenters. The van der Waals surface area contributed by atoms with E-state index in [0.717, 1.165) is 57.6 Å². The van der Waals surface area contributed by atoms with E-state index in [2.05, 4.69) is 15.6 Å². The second-order valence-corrected chi connectivity index (χ2v) is 9.70. The van der Waals surface area contributed by atoms with Crippen molar-refractivity contribution in [2.24, 2.45) is 10.9 Å². The molecule has 2 fully saturated rings. The fourth-order valence-corrected chi connectivity index (χ4v) is 5.13. The lowest BCUT2D eigenvalue weighted by molar-refractivity contribution is 0.0888. The fraction of sp³-hybridized carbons (Fsp3) is 0.667. The molecular weight excluding hydrogens is 404 g/mol. The molecule has 1 aromatic rings. The quantitative estimate of drug-likeness (QED) is 0.327. The average Bonchev–Trinajstić information content (AvgIpc) is 3.47.